The maximum atomic E-state index is 12.4. The van der Waals surface area contributed by atoms with E-state index in [1.807, 2.05) is 51.1 Å². The normalized spacial score (nSPS) is 14.9. The number of methoxy groups -OCH3 is 2. The van der Waals surface area contributed by atoms with Crippen LogP contribution >= 0.6 is 0 Å². The quantitative estimate of drug-likeness (QED) is 0.550. The van der Waals surface area contributed by atoms with E-state index in [9.17, 15) is 10.1 Å². The third-order valence-corrected chi connectivity index (χ3v) is 5.63. The summed E-state index contributed by atoms with van der Waals surface area (Å²) in [5.41, 5.74) is 1.95. The van der Waals surface area contributed by atoms with Crippen molar-refractivity contribution in [1.29, 1.82) is 5.26 Å². The van der Waals surface area contributed by atoms with Crippen LogP contribution in [0.2, 0.25) is 0 Å². The van der Waals surface area contributed by atoms with Gasteiger partial charge in [-0.15, -0.1) is 0 Å². The highest BCUT2D eigenvalue weighted by molar-refractivity contribution is 5.86. The summed E-state index contributed by atoms with van der Waals surface area (Å²) in [5.74, 6) is 1.02. The van der Waals surface area contributed by atoms with Crippen LogP contribution in [0.25, 0.3) is 11.1 Å². The number of nitrogens with zero attached hydrogens (tertiary/aromatic N) is 4. The zero-order valence-electron chi connectivity index (χ0n) is 21.2. The Kier molecular flexibility index (Phi) is 8.72. The Morgan fingerprint density at radius 2 is 1.86 bits per heavy atom. The molecule has 1 saturated heterocycles. The summed E-state index contributed by atoms with van der Waals surface area (Å²) >= 11 is 0. The second kappa shape index (κ2) is 11.7. The van der Waals surface area contributed by atoms with Crippen molar-refractivity contribution < 1.29 is 19.0 Å². The van der Waals surface area contributed by atoms with Crippen LogP contribution in [0.5, 0.6) is 11.5 Å². The van der Waals surface area contributed by atoms with E-state index in [0.29, 0.717) is 47.9 Å². The zero-order valence-corrected chi connectivity index (χ0v) is 21.2. The highest BCUT2D eigenvalue weighted by Crippen LogP contribution is 2.45. The molecule has 0 aromatic heterocycles. The molecule has 0 radical (unpaired) electrons. The maximum Gasteiger partial charge on any atom is 0.410 e. The summed E-state index contributed by atoms with van der Waals surface area (Å²) in [6.07, 6.45) is 2.39. The van der Waals surface area contributed by atoms with Gasteiger partial charge in [0.05, 0.1) is 25.5 Å². The number of hydrogen-bond donors (Lipinski definition) is 0. The smallest absolute Gasteiger partial charge is 0.410 e. The molecule has 2 aromatic rings. The second-order valence-corrected chi connectivity index (χ2v) is 9.29. The van der Waals surface area contributed by atoms with E-state index in [4.69, 9.17) is 14.2 Å². The predicted octanol–water partition coefficient (Wildman–Crippen LogP) is 4.89. The second-order valence-electron chi connectivity index (χ2n) is 9.29. The first-order valence-corrected chi connectivity index (χ1v) is 11.7. The fraction of sp³-hybridized carbons (Fsp3) is 0.444. The van der Waals surface area contributed by atoms with Crippen molar-refractivity contribution in [2.45, 2.75) is 32.8 Å². The molecule has 1 fully saturated rings. The first-order chi connectivity index (χ1) is 16.8. The Morgan fingerprint density at radius 1 is 1.11 bits per heavy atom. The lowest BCUT2D eigenvalue weighted by molar-refractivity contribution is 0.0258. The molecule has 0 saturated carbocycles. The molecule has 186 valence electrons. The topological polar surface area (TPSA) is 87.4 Å². The molecule has 0 atom stereocenters. The Labute approximate surface area is 207 Å². The average molecular weight is 479 g/mol. The van der Waals surface area contributed by atoms with Crippen LogP contribution in [0.1, 0.15) is 32.8 Å². The minimum absolute atomic E-state index is 0.273. The molecule has 0 bridgehead atoms. The lowest BCUT2D eigenvalue weighted by atomic mass is 9.97. The molecule has 2 aromatic carbocycles. The van der Waals surface area contributed by atoms with Gasteiger partial charge in [-0.3, -0.25) is 9.89 Å². The number of carbonyl (C=O) groups excluding carboxylic acids is 1. The number of ether oxygens (including phenoxy) is 3. The first kappa shape index (κ1) is 26.0. The van der Waals surface area contributed by atoms with Gasteiger partial charge in [0.25, 0.3) is 0 Å². The van der Waals surface area contributed by atoms with Gasteiger partial charge in [-0.2, -0.15) is 5.26 Å². The molecule has 0 aliphatic carbocycles. The van der Waals surface area contributed by atoms with Crippen molar-refractivity contribution in [2.24, 2.45) is 4.99 Å². The predicted molar refractivity (Wildman–Crippen MR) is 137 cm³/mol. The largest absolute Gasteiger partial charge is 0.493 e. The Morgan fingerprint density at radius 3 is 2.49 bits per heavy atom. The van der Waals surface area contributed by atoms with Gasteiger partial charge in [0, 0.05) is 50.6 Å². The molecule has 8 heteroatoms. The molecule has 35 heavy (non-hydrogen) atoms. The molecule has 3 rings (SSSR count). The molecule has 1 heterocycles. The zero-order chi connectivity index (χ0) is 25.4. The number of carbonyl (C=O) groups is 1. The number of nitriles is 1. The summed E-state index contributed by atoms with van der Waals surface area (Å²) in [6, 6.07) is 13.6. The van der Waals surface area contributed by atoms with Crippen molar-refractivity contribution in [1.82, 2.24) is 9.80 Å². The standard InChI is InChI=1S/C27H34N4O4/c1-27(2,3)35-26(32)31-14-9-13-30(16-17-31)15-12-29-22-18-23(33-4)25(34-5)24(21(22)19-28)20-10-7-6-8-11-20/h6-8,10-12,18H,9,13-17H2,1-5H3. The lowest BCUT2D eigenvalue weighted by Gasteiger charge is -2.26. The van der Waals surface area contributed by atoms with Crippen molar-refractivity contribution >= 4 is 18.0 Å². The van der Waals surface area contributed by atoms with E-state index in [0.717, 1.165) is 25.1 Å². The highest BCUT2D eigenvalue weighted by atomic mass is 16.6. The van der Waals surface area contributed by atoms with Gasteiger partial charge in [-0.1, -0.05) is 30.3 Å². The number of rotatable bonds is 6. The molecule has 0 spiro atoms. The Bertz CT molecular complexity index is 1090. The van der Waals surface area contributed by atoms with E-state index in [-0.39, 0.29) is 6.09 Å². The van der Waals surface area contributed by atoms with Gasteiger partial charge in [0.1, 0.15) is 11.7 Å². The number of benzene rings is 2. The van der Waals surface area contributed by atoms with Crippen LogP contribution in [0.4, 0.5) is 10.5 Å². The maximum absolute atomic E-state index is 12.4. The van der Waals surface area contributed by atoms with Crippen LogP contribution in [0.15, 0.2) is 41.4 Å². The van der Waals surface area contributed by atoms with E-state index < -0.39 is 5.60 Å². The fourth-order valence-electron chi connectivity index (χ4n) is 3.99. The van der Waals surface area contributed by atoms with Crippen molar-refractivity contribution in [3.63, 3.8) is 0 Å². The Balaban J connectivity index is 1.78. The van der Waals surface area contributed by atoms with Crippen molar-refractivity contribution in [3.8, 4) is 28.7 Å². The van der Waals surface area contributed by atoms with Gasteiger partial charge < -0.3 is 19.1 Å². The minimum atomic E-state index is -0.508. The molecule has 1 aliphatic rings. The molecular weight excluding hydrogens is 444 g/mol. The first-order valence-electron chi connectivity index (χ1n) is 11.7. The van der Waals surface area contributed by atoms with Crippen molar-refractivity contribution in [2.75, 3.05) is 46.9 Å². The van der Waals surface area contributed by atoms with E-state index >= 15 is 0 Å². The van der Waals surface area contributed by atoms with Gasteiger partial charge in [0.2, 0.25) is 0 Å². The Hall–Kier alpha value is -3.57. The van der Waals surface area contributed by atoms with Crippen LogP contribution in [0, 0.1) is 11.3 Å². The summed E-state index contributed by atoms with van der Waals surface area (Å²) in [6.45, 7) is 9.05. The van der Waals surface area contributed by atoms with Gasteiger partial charge in [-0.05, 0) is 32.8 Å². The molecule has 1 aliphatic heterocycles. The van der Waals surface area contributed by atoms with Crippen LogP contribution in [-0.2, 0) is 4.74 Å². The van der Waals surface area contributed by atoms with Crippen LogP contribution in [0.3, 0.4) is 0 Å². The molecular formula is C27H34N4O4. The summed E-state index contributed by atoms with van der Waals surface area (Å²) in [5, 5.41) is 10.0. The molecule has 0 unspecified atom stereocenters. The molecule has 8 nitrogen and oxygen atoms in total. The number of hydrogen-bond acceptors (Lipinski definition) is 7. The monoisotopic (exact) mass is 478 g/mol. The minimum Gasteiger partial charge on any atom is -0.493 e. The third kappa shape index (κ3) is 6.74. The van der Waals surface area contributed by atoms with E-state index in [1.165, 1.54) is 0 Å². The molecule has 1 amide bonds. The number of amides is 1. The van der Waals surface area contributed by atoms with Gasteiger partial charge in [0.15, 0.2) is 11.5 Å². The van der Waals surface area contributed by atoms with E-state index in [2.05, 4.69) is 16.0 Å². The van der Waals surface area contributed by atoms with Gasteiger partial charge >= 0.3 is 6.09 Å². The number of aliphatic imine (C=N–C) groups is 1. The SMILES string of the molecule is COc1cc(N=CCN2CCCN(C(=O)OC(C)(C)C)CC2)c(C#N)c(-c2ccccc2)c1OC. The van der Waals surface area contributed by atoms with Crippen LogP contribution in [-0.4, -0.2) is 74.7 Å². The van der Waals surface area contributed by atoms with Crippen molar-refractivity contribution in [3.05, 3.63) is 42.0 Å². The average Bonchev–Trinajstić information content (AvgIpc) is 3.08. The molecule has 0 N–H and O–H groups in total. The van der Waals surface area contributed by atoms with E-state index in [1.54, 1.807) is 31.4 Å². The van der Waals surface area contributed by atoms with Crippen LogP contribution < -0.4 is 9.47 Å². The van der Waals surface area contributed by atoms with Gasteiger partial charge in [-0.25, -0.2) is 4.79 Å². The highest BCUT2D eigenvalue weighted by Gasteiger charge is 2.24. The lowest BCUT2D eigenvalue weighted by Crippen LogP contribution is -2.39. The summed E-state index contributed by atoms with van der Waals surface area (Å²) in [4.78, 5) is 21.1. The fourth-order valence-corrected chi connectivity index (χ4v) is 3.99. The summed E-state index contributed by atoms with van der Waals surface area (Å²) < 4.78 is 16.7. The third-order valence-electron chi connectivity index (χ3n) is 5.63. The summed E-state index contributed by atoms with van der Waals surface area (Å²) in [7, 11) is 3.13.